The van der Waals surface area contributed by atoms with Crippen molar-refractivity contribution in [3.8, 4) is 0 Å². The fourth-order valence-corrected chi connectivity index (χ4v) is 5.32. The molecule has 8 nitrogen and oxygen atoms in total. The predicted molar refractivity (Wildman–Crippen MR) is 123 cm³/mol. The number of pyridine rings is 2. The molecule has 0 atom stereocenters. The molecule has 1 fully saturated rings. The average molecular weight is 456 g/mol. The highest BCUT2D eigenvalue weighted by Gasteiger charge is 2.25. The second-order valence-corrected chi connectivity index (χ2v) is 8.68. The monoisotopic (exact) mass is 455 g/mol. The zero-order valence-corrected chi connectivity index (χ0v) is 18.0. The number of aliphatic hydroxyl groups is 1. The highest BCUT2D eigenvalue weighted by Crippen LogP contribution is 2.32. The van der Waals surface area contributed by atoms with Crippen LogP contribution in [-0.2, 0) is 0 Å². The van der Waals surface area contributed by atoms with Crippen molar-refractivity contribution in [2.45, 2.75) is 6.42 Å². The van der Waals surface area contributed by atoms with Crippen molar-refractivity contribution in [1.82, 2.24) is 20.0 Å². The quantitative estimate of drug-likeness (QED) is 0.434. The van der Waals surface area contributed by atoms with Crippen molar-refractivity contribution in [2.24, 2.45) is 0 Å². The summed E-state index contributed by atoms with van der Waals surface area (Å²) < 4.78 is 17.8. The molecule has 0 unspecified atom stereocenters. The van der Waals surface area contributed by atoms with Gasteiger partial charge in [-0.1, -0.05) is 12.1 Å². The van der Waals surface area contributed by atoms with Crippen molar-refractivity contribution in [2.75, 3.05) is 44.2 Å². The summed E-state index contributed by atoms with van der Waals surface area (Å²) in [6.07, 6.45) is 0.861. The first-order valence-corrected chi connectivity index (χ1v) is 11.3. The number of anilines is 1. The van der Waals surface area contributed by atoms with Crippen LogP contribution in [0.5, 0.6) is 0 Å². The minimum absolute atomic E-state index is 0.0158. The lowest BCUT2D eigenvalue weighted by atomic mass is 10.1. The Labute approximate surface area is 186 Å². The van der Waals surface area contributed by atoms with E-state index >= 15 is 4.39 Å². The number of halogens is 1. The van der Waals surface area contributed by atoms with Gasteiger partial charge in [-0.3, -0.25) is 14.0 Å². The molecule has 1 amide bonds. The summed E-state index contributed by atoms with van der Waals surface area (Å²) in [5.41, 5.74) is 0.476. The molecule has 3 aromatic heterocycles. The fraction of sp³-hybridized carbons (Fsp3) is 0.318. The summed E-state index contributed by atoms with van der Waals surface area (Å²) in [7, 11) is 0. The maximum atomic E-state index is 15.2. The Morgan fingerprint density at radius 2 is 2.12 bits per heavy atom. The Morgan fingerprint density at radius 3 is 2.97 bits per heavy atom. The van der Waals surface area contributed by atoms with Gasteiger partial charge in [-0.15, -0.1) is 11.3 Å². The zero-order valence-electron chi connectivity index (χ0n) is 17.2. The molecule has 0 radical (unpaired) electrons. The smallest absolute Gasteiger partial charge is 0.258 e. The van der Waals surface area contributed by atoms with E-state index in [0.29, 0.717) is 23.6 Å². The Kier molecular flexibility index (Phi) is 5.50. The molecular weight excluding hydrogens is 433 g/mol. The number of aromatic nitrogens is 2. The average Bonchev–Trinajstić information content (AvgIpc) is 2.97. The molecule has 4 aromatic rings. The number of thiazole rings is 1. The number of hydrogen-bond acceptors (Lipinski definition) is 7. The summed E-state index contributed by atoms with van der Waals surface area (Å²) in [4.78, 5) is 33.2. The summed E-state index contributed by atoms with van der Waals surface area (Å²) in [6.45, 7) is 2.62. The third-order valence-electron chi connectivity index (χ3n) is 5.61. The third kappa shape index (κ3) is 3.40. The first-order valence-electron chi connectivity index (χ1n) is 10.5. The number of para-hydroxylation sites is 1. The van der Waals surface area contributed by atoms with Gasteiger partial charge in [-0.2, -0.15) is 0 Å². The maximum absolute atomic E-state index is 15.2. The normalized spacial score (nSPS) is 14.9. The van der Waals surface area contributed by atoms with Crippen molar-refractivity contribution < 1.29 is 14.3 Å². The van der Waals surface area contributed by atoms with Gasteiger partial charge < -0.3 is 20.6 Å². The minimum Gasteiger partial charge on any atom is -0.395 e. The number of carbonyl (C=O) groups excluding carboxylic acids is 1. The molecule has 0 bridgehead atoms. The van der Waals surface area contributed by atoms with Gasteiger partial charge in [0.1, 0.15) is 10.4 Å². The number of nitrogens with one attached hydrogen (secondary N) is 2. The highest BCUT2D eigenvalue weighted by atomic mass is 32.1. The molecule has 1 aromatic carbocycles. The molecule has 4 heterocycles. The van der Waals surface area contributed by atoms with Gasteiger partial charge in [0.2, 0.25) is 5.43 Å². The summed E-state index contributed by atoms with van der Waals surface area (Å²) >= 11 is 1.31. The number of benzene rings is 1. The highest BCUT2D eigenvalue weighted by molar-refractivity contribution is 7.24. The van der Waals surface area contributed by atoms with Crippen molar-refractivity contribution >= 4 is 49.1 Å². The number of hydrogen-bond donors (Lipinski definition) is 3. The molecule has 10 heteroatoms. The van der Waals surface area contributed by atoms with Crippen LogP contribution >= 0.6 is 11.3 Å². The van der Waals surface area contributed by atoms with Crippen LogP contribution in [0.4, 0.5) is 10.2 Å². The number of fused-ring (bicyclic) bond motifs is 5. The summed E-state index contributed by atoms with van der Waals surface area (Å²) in [5, 5.41) is 15.0. The molecular formula is C22H22FN5O3S. The molecule has 3 N–H and O–H groups in total. The molecule has 166 valence electrons. The van der Waals surface area contributed by atoms with Crippen molar-refractivity contribution in [3.05, 3.63) is 51.9 Å². The van der Waals surface area contributed by atoms with Crippen LogP contribution in [0, 0.1) is 5.82 Å². The molecule has 32 heavy (non-hydrogen) atoms. The SMILES string of the molecule is O=C(NCCO)c1c(=O)c2cc(F)c(N3CCCNCC3)nc2n2c1sc1ccccc12. The van der Waals surface area contributed by atoms with Gasteiger partial charge in [0.25, 0.3) is 5.91 Å². The molecule has 0 aliphatic carbocycles. The van der Waals surface area contributed by atoms with E-state index in [1.165, 1.54) is 17.4 Å². The Morgan fingerprint density at radius 1 is 1.28 bits per heavy atom. The first kappa shape index (κ1) is 20.8. The fourth-order valence-electron chi connectivity index (χ4n) is 4.14. The van der Waals surface area contributed by atoms with Gasteiger partial charge in [0.15, 0.2) is 17.3 Å². The summed E-state index contributed by atoms with van der Waals surface area (Å²) in [5.74, 6) is -0.974. The molecule has 5 rings (SSSR count). The number of amides is 1. The van der Waals surface area contributed by atoms with E-state index in [1.807, 2.05) is 29.2 Å². The maximum Gasteiger partial charge on any atom is 0.258 e. The van der Waals surface area contributed by atoms with Crippen LogP contribution in [0.2, 0.25) is 0 Å². The topological polar surface area (TPSA) is 99.0 Å². The second kappa shape index (κ2) is 8.45. The zero-order chi connectivity index (χ0) is 22.2. The standard InChI is InChI=1S/C22H22FN5O3S/c23-14-12-13-18(30)17(21(31)25-8-11-29)22-28(15-4-1-2-5-16(15)32-22)19(13)26-20(14)27-9-3-6-24-7-10-27/h1-2,4-5,12,24,29H,3,6-11H2,(H,25,31). The molecule has 1 aliphatic heterocycles. The Balaban J connectivity index is 1.84. The third-order valence-corrected chi connectivity index (χ3v) is 6.76. The second-order valence-electron chi connectivity index (χ2n) is 7.65. The number of aliphatic hydroxyl groups excluding tert-OH is 1. The van der Waals surface area contributed by atoms with Crippen molar-refractivity contribution in [1.29, 1.82) is 0 Å². The minimum atomic E-state index is -0.599. The van der Waals surface area contributed by atoms with Gasteiger partial charge in [-0.25, -0.2) is 9.37 Å². The van der Waals surface area contributed by atoms with E-state index in [4.69, 9.17) is 5.11 Å². The van der Waals surface area contributed by atoms with Crippen LogP contribution in [0.25, 0.3) is 26.1 Å². The molecule has 0 saturated carbocycles. The molecule has 0 spiro atoms. The van der Waals surface area contributed by atoms with Gasteiger partial charge in [0.05, 0.1) is 22.2 Å². The Bertz CT molecular complexity index is 1390. The number of rotatable bonds is 4. The van der Waals surface area contributed by atoms with Gasteiger partial charge >= 0.3 is 0 Å². The predicted octanol–water partition coefficient (Wildman–Crippen LogP) is 1.72. The molecule has 1 aliphatic rings. The van der Waals surface area contributed by atoms with Crippen molar-refractivity contribution in [3.63, 3.8) is 0 Å². The van der Waals surface area contributed by atoms with E-state index in [1.54, 1.807) is 4.40 Å². The lowest BCUT2D eigenvalue weighted by molar-refractivity contribution is 0.0945. The van der Waals surface area contributed by atoms with Crippen LogP contribution < -0.4 is 21.0 Å². The van der Waals surface area contributed by atoms with E-state index in [9.17, 15) is 9.59 Å². The van der Waals surface area contributed by atoms with Gasteiger partial charge in [-0.05, 0) is 31.2 Å². The van der Waals surface area contributed by atoms with E-state index in [-0.39, 0.29) is 29.9 Å². The van der Waals surface area contributed by atoms with Gasteiger partial charge in [0, 0.05) is 26.2 Å². The lowest BCUT2D eigenvalue weighted by Crippen LogP contribution is -2.32. The van der Waals surface area contributed by atoms with Crippen LogP contribution in [0.15, 0.2) is 35.1 Å². The van der Waals surface area contributed by atoms with Crippen LogP contribution in [-0.4, -0.2) is 59.7 Å². The lowest BCUT2D eigenvalue weighted by Gasteiger charge is -2.22. The van der Waals surface area contributed by atoms with E-state index < -0.39 is 17.2 Å². The molecule has 1 saturated heterocycles. The number of carbonyl (C=O) groups is 1. The summed E-state index contributed by atoms with van der Waals surface area (Å²) in [6, 6.07) is 8.74. The number of nitrogens with zero attached hydrogens (tertiary/aromatic N) is 3. The largest absolute Gasteiger partial charge is 0.395 e. The Hall–Kier alpha value is -3.08. The van der Waals surface area contributed by atoms with Crippen LogP contribution in [0.1, 0.15) is 16.8 Å². The first-order chi connectivity index (χ1) is 15.6. The van der Waals surface area contributed by atoms with E-state index in [0.717, 1.165) is 29.7 Å². The van der Waals surface area contributed by atoms with E-state index in [2.05, 4.69) is 15.6 Å². The van der Waals surface area contributed by atoms with Crippen LogP contribution in [0.3, 0.4) is 0 Å².